The van der Waals surface area contributed by atoms with Crippen LogP contribution in [-0.4, -0.2) is 37.3 Å². The molecule has 3 rings (SSSR count). The lowest BCUT2D eigenvalue weighted by molar-refractivity contribution is -0.106. The maximum atomic E-state index is 5.91. The summed E-state index contributed by atoms with van der Waals surface area (Å²) in [7, 11) is 0. The van der Waals surface area contributed by atoms with Crippen LogP contribution in [0.4, 0.5) is 0 Å². The lowest BCUT2D eigenvalue weighted by Gasteiger charge is -2.55. The van der Waals surface area contributed by atoms with Crippen molar-refractivity contribution in [2.24, 2.45) is 22.2 Å². The zero-order valence-electron chi connectivity index (χ0n) is 15.8. The molecular formula is C19H36IN3O. The van der Waals surface area contributed by atoms with Crippen LogP contribution >= 0.6 is 24.0 Å². The van der Waals surface area contributed by atoms with Gasteiger partial charge < -0.3 is 15.4 Å². The topological polar surface area (TPSA) is 45.7 Å². The van der Waals surface area contributed by atoms with E-state index in [4.69, 9.17) is 9.73 Å². The Hall–Kier alpha value is -0.0400. The van der Waals surface area contributed by atoms with Crippen LogP contribution in [-0.2, 0) is 4.74 Å². The number of rotatable bonds is 4. The minimum absolute atomic E-state index is 0. The maximum Gasteiger partial charge on any atom is 0.191 e. The number of nitrogens with zero attached hydrogens (tertiary/aromatic N) is 1. The van der Waals surface area contributed by atoms with Gasteiger partial charge in [-0.3, -0.25) is 4.99 Å². The second kappa shape index (κ2) is 8.56. The van der Waals surface area contributed by atoms with Crippen molar-refractivity contribution in [3.63, 3.8) is 0 Å². The second-order valence-corrected chi connectivity index (χ2v) is 8.28. The van der Waals surface area contributed by atoms with Crippen molar-refractivity contribution in [2.75, 3.05) is 13.2 Å². The van der Waals surface area contributed by atoms with E-state index in [0.29, 0.717) is 24.1 Å². The normalized spacial score (nSPS) is 37.8. The molecule has 4 nitrogen and oxygen atoms in total. The highest BCUT2D eigenvalue weighted by Crippen LogP contribution is 2.52. The van der Waals surface area contributed by atoms with Gasteiger partial charge in [0, 0.05) is 36.6 Å². The van der Waals surface area contributed by atoms with Gasteiger partial charge in [0.15, 0.2) is 5.96 Å². The number of hydrogen-bond donors (Lipinski definition) is 2. The monoisotopic (exact) mass is 449 g/mol. The first kappa shape index (κ1) is 20.3. The molecule has 5 heteroatoms. The highest BCUT2D eigenvalue weighted by molar-refractivity contribution is 14.0. The first-order valence-electron chi connectivity index (χ1n) is 9.75. The summed E-state index contributed by atoms with van der Waals surface area (Å²) in [5, 5.41) is 7.46. The van der Waals surface area contributed by atoms with Crippen molar-refractivity contribution < 1.29 is 4.74 Å². The molecule has 0 bridgehead atoms. The van der Waals surface area contributed by atoms with Gasteiger partial charge in [0.25, 0.3) is 0 Å². The number of halogens is 1. The molecule has 0 spiro atoms. The largest absolute Gasteiger partial charge is 0.377 e. The van der Waals surface area contributed by atoms with Gasteiger partial charge in [-0.25, -0.2) is 0 Å². The maximum absolute atomic E-state index is 5.91. The van der Waals surface area contributed by atoms with Crippen molar-refractivity contribution in [3.8, 4) is 0 Å². The molecule has 3 unspecified atom stereocenters. The predicted octanol–water partition coefficient (Wildman–Crippen LogP) is 3.94. The van der Waals surface area contributed by atoms with Gasteiger partial charge >= 0.3 is 0 Å². The Balaban J connectivity index is 0.00000208. The minimum atomic E-state index is 0. The van der Waals surface area contributed by atoms with E-state index >= 15 is 0 Å². The van der Waals surface area contributed by atoms with Gasteiger partial charge in [-0.1, -0.05) is 27.2 Å². The zero-order valence-corrected chi connectivity index (χ0v) is 18.1. The lowest BCUT2D eigenvalue weighted by atomic mass is 9.57. The molecule has 0 aromatic carbocycles. The third-order valence-electron chi connectivity index (χ3n) is 6.47. The van der Waals surface area contributed by atoms with Crippen molar-refractivity contribution in [1.29, 1.82) is 0 Å². The molecule has 2 saturated carbocycles. The summed E-state index contributed by atoms with van der Waals surface area (Å²) < 4.78 is 5.91. The summed E-state index contributed by atoms with van der Waals surface area (Å²) >= 11 is 0. The van der Waals surface area contributed by atoms with E-state index in [1.54, 1.807) is 0 Å². The smallest absolute Gasteiger partial charge is 0.191 e. The Morgan fingerprint density at radius 1 is 1.08 bits per heavy atom. The summed E-state index contributed by atoms with van der Waals surface area (Å²) in [5.41, 5.74) is 0.206. The molecule has 1 saturated heterocycles. The van der Waals surface area contributed by atoms with Gasteiger partial charge in [0.2, 0.25) is 0 Å². The van der Waals surface area contributed by atoms with Crippen LogP contribution in [0.15, 0.2) is 4.99 Å². The highest BCUT2D eigenvalue weighted by atomic mass is 127. The lowest BCUT2D eigenvalue weighted by Crippen LogP contribution is -2.68. The fourth-order valence-electron chi connectivity index (χ4n) is 4.96. The van der Waals surface area contributed by atoms with Crippen LogP contribution in [0.5, 0.6) is 0 Å². The molecule has 0 aromatic heterocycles. The van der Waals surface area contributed by atoms with E-state index in [1.165, 1.54) is 38.5 Å². The molecule has 24 heavy (non-hydrogen) atoms. The molecule has 0 radical (unpaired) electrons. The van der Waals surface area contributed by atoms with Gasteiger partial charge in [-0.15, -0.1) is 24.0 Å². The number of fused-ring (bicyclic) bond motifs is 1. The Bertz CT molecular complexity index is 432. The molecule has 140 valence electrons. The van der Waals surface area contributed by atoms with Gasteiger partial charge in [-0.05, 0) is 44.9 Å². The van der Waals surface area contributed by atoms with Crippen LogP contribution in [0.1, 0.15) is 66.2 Å². The zero-order chi connectivity index (χ0) is 16.4. The van der Waals surface area contributed by atoms with Crippen molar-refractivity contribution >= 4 is 29.9 Å². The summed E-state index contributed by atoms with van der Waals surface area (Å²) in [6.07, 6.45) is 8.25. The molecule has 3 fully saturated rings. The standard InChI is InChI=1S/C19H35N3O.HI/c1-5-13-7-9-14(10-8-13)21-18(20-6-2)22-16-15-11-12-23-17(15)19(16,3)4;/h13-17H,5-12H2,1-4H3,(H2,20,21,22);1H. The van der Waals surface area contributed by atoms with E-state index in [0.717, 1.165) is 25.0 Å². The fourth-order valence-corrected chi connectivity index (χ4v) is 4.96. The average Bonchev–Trinajstić information content (AvgIpc) is 3.00. The third kappa shape index (κ3) is 4.02. The van der Waals surface area contributed by atoms with Gasteiger partial charge in [0.1, 0.15) is 0 Å². The molecule has 2 aliphatic carbocycles. The summed E-state index contributed by atoms with van der Waals surface area (Å²) in [6.45, 7) is 10.8. The SMILES string of the molecule is CCN=C(NC1CCC(CC)CC1)NC1C2CCOC2C1(C)C.I. The average molecular weight is 449 g/mol. The number of nitrogens with one attached hydrogen (secondary N) is 2. The van der Waals surface area contributed by atoms with E-state index in [-0.39, 0.29) is 29.4 Å². The van der Waals surface area contributed by atoms with Crippen LogP contribution in [0.3, 0.4) is 0 Å². The Morgan fingerprint density at radius 2 is 1.79 bits per heavy atom. The first-order valence-corrected chi connectivity index (χ1v) is 9.75. The Labute approximate surface area is 165 Å². The predicted molar refractivity (Wildman–Crippen MR) is 111 cm³/mol. The van der Waals surface area contributed by atoms with Crippen LogP contribution in [0.2, 0.25) is 0 Å². The number of hydrogen-bond acceptors (Lipinski definition) is 2. The van der Waals surface area contributed by atoms with E-state index in [1.807, 2.05) is 0 Å². The highest BCUT2D eigenvalue weighted by Gasteiger charge is 2.59. The number of aliphatic imine (C=N–C) groups is 1. The molecule has 3 aliphatic rings. The van der Waals surface area contributed by atoms with Crippen molar-refractivity contribution in [3.05, 3.63) is 0 Å². The minimum Gasteiger partial charge on any atom is -0.377 e. The third-order valence-corrected chi connectivity index (χ3v) is 6.47. The Kier molecular flexibility index (Phi) is 7.23. The number of ether oxygens (including phenoxy) is 1. The van der Waals surface area contributed by atoms with E-state index in [9.17, 15) is 0 Å². The molecule has 0 aromatic rings. The van der Waals surface area contributed by atoms with Crippen LogP contribution in [0.25, 0.3) is 0 Å². The van der Waals surface area contributed by atoms with Crippen LogP contribution < -0.4 is 10.6 Å². The fraction of sp³-hybridized carbons (Fsp3) is 0.947. The van der Waals surface area contributed by atoms with E-state index < -0.39 is 0 Å². The van der Waals surface area contributed by atoms with Gasteiger partial charge in [-0.2, -0.15) is 0 Å². The summed E-state index contributed by atoms with van der Waals surface area (Å²) in [4.78, 5) is 4.71. The van der Waals surface area contributed by atoms with Gasteiger partial charge in [0.05, 0.1) is 6.10 Å². The number of guanidine groups is 1. The summed E-state index contributed by atoms with van der Waals surface area (Å²) in [5.74, 6) is 2.62. The second-order valence-electron chi connectivity index (χ2n) is 8.28. The first-order chi connectivity index (χ1) is 11.1. The summed E-state index contributed by atoms with van der Waals surface area (Å²) in [6, 6.07) is 1.08. The molecule has 0 amide bonds. The van der Waals surface area contributed by atoms with Crippen molar-refractivity contribution in [2.45, 2.75) is 84.4 Å². The molecule has 1 heterocycles. The molecule has 1 aliphatic heterocycles. The van der Waals surface area contributed by atoms with Crippen LogP contribution in [0, 0.1) is 17.3 Å². The molecule has 3 atom stereocenters. The van der Waals surface area contributed by atoms with E-state index in [2.05, 4.69) is 38.3 Å². The Morgan fingerprint density at radius 3 is 2.42 bits per heavy atom. The quantitative estimate of drug-likeness (QED) is 0.388. The molecular weight excluding hydrogens is 413 g/mol. The molecule has 2 N–H and O–H groups in total. The van der Waals surface area contributed by atoms with Crippen molar-refractivity contribution in [1.82, 2.24) is 10.6 Å².